The van der Waals surface area contributed by atoms with Crippen molar-refractivity contribution in [1.82, 2.24) is 0 Å². The third kappa shape index (κ3) is 3.03. The molecule has 0 unspecified atom stereocenters. The van der Waals surface area contributed by atoms with Gasteiger partial charge in [0.1, 0.15) is 17.3 Å². The number of anilines is 1. The van der Waals surface area contributed by atoms with Crippen LogP contribution in [0.25, 0.3) is 0 Å². The first-order valence-electron chi connectivity index (χ1n) is 4.73. The number of rotatable bonds is 5. The highest BCUT2D eigenvalue weighted by Crippen LogP contribution is 2.35. The van der Waals surface area contributed by atoms with E-state index in [9.17, 15) is 4.79 Å². The molecule has 88 valence electrons. The molecule has 0 bridgehead atoms. The van der Waals surface area contributed by atoms with Crippen LogP contribution in [0.4, 0.5) is 5.69 Å². The zero-order chi connectivity index (χ0) is 12.1. The highest BCUT2D eigenvalue weighted by atomic mass is 35.5. The molecule has 0 heterocycles. The quantitative estimate of drug-likeness (QED) is 0.863. The number of methoxy groups -OCH3 is 2. The van der Waals surface area contributed by atoms with Gasteiger partial charge in [0.25, 0.3) is 0 Å². The van der Waals surface area contributed by atoms with Gasteiger partial charge in [0.15, 0.2) is 0 Å². The van der Waals surface area contributed by atoms with E-state index in [1.165, 1.54) is 21.1 Å². The second kappa shape index (κ2) is 5.61. The second-order valence-electron chi connectivity index (χ2n) is 3.24. The van der Waals surface area contributed by atoms with Crippen molar-refractivity contribution in [2.75, 3.05) is 26.1 Å². The van der Waals surface area contributed by atoms with E-state index in [-0.39, 0.29) is 12.3 Å². The van der Waals surface area contributed by atoms with Crippen LogP contribution in [0.1, 0.15) is 6.92 Å². The van der Waals surface area contributed by atoms with E-state index in [0.717, 1.165) is 0 Å². The number of carbonyl (C=O) groups excluding carboxylic acids is 1. The van der Waals surface area contributed by atoms with E-state index in [1.807, 2.05) is 0 Å². The average Bonchev–Trinajstić information content (AvgIpc) is 2.26. The summed E-state index contributed by atoms with van der Waals surface area (Å²) in [7, 11) is 3.07. The first-order chi connectivity index (χ1) is 7.58. The Morgan fingerprint density at radius 3 is 2.44 bits per heavy atom. The number of hydrogen-bond donors (Lipinski definition) is 1. The van der Waals surface area contributed by atoms with Crippen molar-refractivity contribution >= 4 is 23.1 Å². The van der Waals surface area contributed by atoms with Gasteiger partial charge in [-0.05, 0) is 6.92 Å². The number of ketones is 1. The molecule has 1 aromatic carbocycles. The molecule has 0 fully saturated rings. The zero-order valence-corrected chi connectivity index (χ0v) is 10.2. The Hall–Kier alpha value is -1.42. The number of ether oxygens (including phenoxy) is 2. The Bertz CT molecular complexity index is 393. The van der Waals surface area contributed by atoms with Crippen LogP contribution in [0.15, 0.2) is 12.1 Å². The molecule has 0 saturated carbocycles. The summed E-state index contributed by atoms with van der Waals surface area (Å²) in [5.74, 6) is 1.15. The number of carbonyl (C=O) groups is 1. The normalized spacial score (nSPS) is 9.75. The van der Waals surface area contributed by atoms with Crippen LogP contribution in [0.3, 0.4) is 0 Å². The van der Waals surface area contributed by atoms with Gasteiger partial charge in [-0.15, -0.1) is 0 Å². The van der Waals surface area contributed by atoms with Crippen LogP contribution in [0.5, 0.6) is 11.5 Å². The molecule has 5 heteroatoms. The minimum Gasteiger partial charge on any atom is -0.495 e. The van der Waals surface area contributed by atoms with E-state index in [1.54, 1.807) is 12.1 Å². The number of benzene rings is 1. The summed E-state index contributed by atoms with van der Waals surface area (Å²) >= 11 is 5.94. The van der Waals surface area contributed by atoms with E-state index >= 15 is 0 Å². The Morgan fingerprint density at radius 1 is 1.31 bits per heavy atom. The van der Waals surface area contributed by atoms with Gasteiger partial charge in [-0.25, -0.2) is 0 Å². The summed E-state index contributed by atoms with van der Waals surface area (Å²) in [6.07, 6.45) is 0. The highest BCUT2D eigenvalue weighted by molar-refractivity contribution is 6.32. The van der Waals surface area contributed by atoms with E-state index in [0.29, 0.717) is 22.2 Å². The van der Waals surface area contributed by atoms with Gasteiger partial charge in [-0.2, -0.15) is 0 Å². The fourth-order valence-electron chi connectivity index (χ4n) is 1.22. The summed E-state index contributed by atoms with van der Waals surface area (Å²) in [4.78, 5) is 10.9. The number of Topliss-reactive ketones (excluding diaryl/α,β-unsaturated/α-hetero) is 1. The van der Waals surface area contributed by atoms with Gasteiger partial charge in [-0.1, -0.05) is 11.6 Å². The van der Waals surface area contributed by atoms with Crippen molar-refractivity contribution in [3.05, 3.63) is 17.2 Å². The second-order valence-corrected chi connectivity index (χ2v) is 3.65. The maximum atomic E-state index is 10.9. The molecule has 0 aliphatic rings. The van der Waals surface area contributed by atoms with E-state index in [4.69, 9.17) is 21.1 Å². The molecule has 1 aromatic rings. The molecule has 0 aliphatic carbocycles. The lowest BCUT2D eigenvalue weighted by Gasteiger charge is -2.12. The fraction of sp³-hybridized carbons (Fsp3) is 0.364. The molecule has 0 spiro atoms. The number of hydrogen-bond acceptors (Lipinski definition) is 4. The lowest BCUT2D eigenvalue weighted by Crippen LogP contribution is -2.10. The molecule has 16 heavy (non-hydrogen) atoms. The molecule has 1 N–H and O–H groups in total. The molecule has 0 amide bonds. The third-order valence-corrected chi connectivity index (χ3v) is 2.30. The van der Waals surface area contributed by atoms with Crippen molar-refractivity contribution in [3.8, 4) is 11.5 Å². The van der Waals surface area contributed by atoms with Crippen LogP contribution in [0, 0.1) is 0 Å². The van der Waals surface area contributed by atoms with Gasteiger partial charge < -0.3 is 14.8 Å². The molecule has 0 aliphatic heterocycles. The summed E-state index contributed by atoms with van der Waals surface area (Å²) < 4.78 is 10.2. The summed E-state index contributed by atoms with van der Waals surface area (Å²) in [5, 5.41) is 3.42. The molecule has 4 nitrogen and oxygen atoms in total. The molecule has 0 radical (unpaired) electrons. The Kier molecular flexibility index (Phi) is 4.43. The summed E-state index contributed by atoms with van der Waals surface area (Å²) in [5.41, 5.74) is 0.680. The predicted octanol–water partition coefficient (Wildman–Crippen LogP) is 2.36. The zero-order valence-electron chi connectivity index (χ0n) is 9.46. The summed E-state index contributed by atoms with van der Waals surface area (Å²) in [6, 6.07) is 3.34. The van der Waals surface area contributed by atoms with Crippen LogP contribution < -0.4 is 14.8 Å². The lowest BCUT2D eigenvalue weighted by atomic mass is 10.2. The fourth-order valence-corrected chi connectivity index (χ4v) is 1.45. The van der Waals surface area contributed by atoms with Gasteiger partial charge in [0.2, 0.25) is 0 Å². The molecule has 1 rings (SSSR count). The van der Waals surface area contributed by atoms with Gasteiger partial charge >= 0.3 is 0 Å². The van der Waals surface area contributed by atoms with Gasteiger partial charge in [-0.3, -0.25) is 4.79 Å². The number of nitrogens with one attached hydrogen (secondary N) is 1. The third-order valence-electron chi connectivity index (χ3n) is 2.00. The molecule has 0 atom stereocenters. The van der Waals surface area contributed by atoms with Crippen LogP contribution in [-0.2, 0) is 4.79 Å². The highest BCUT2D eigenvalue weighted by Gasteiger charge is 2.09. The predicted molar refractivity (Wildman–Crippen MR) is 63.7 cm³/mol. The van der Waals surface area contributed by atoms with Crippen LogP contribution >= 0.6 is 11.6 Å². The SMILES string of the molecule is COc1cc(NCC(C)=O)c(OC)cc1Cl. The largest absolute Gasteiger partial charge is 0.495 e. The maximum Gasteiger partial charge on any atom is 0.148 e. The molecular weight excluding hydrogens is 230 g/mol. The van der Waals surface area contributed by atoms with Crippen molar-refractivity contribution in [2.45, 2.75) is 6.92 Å². The standard InChI is InChI=1S/C11H14ClNO3/c1-7(14)6-13-9-5-10(15-2)8(12)4-11(9)16-3/h4-5,13H,6H2,1-3H3. The maximum absolute atomic E-state index is 10.9. The monoisotopic (exact) mass is 243 g/mol. The Balaban J connectivity index is 2.99. The van der Waals surface area contributed by atoms with Gasteiger partial charge in [0, 0.05) is 12.1 Å². The minimum atomic E-state index is 0.0379. The first kappa shape index (κ1) is 12.6. The average molecular weight is 244 g/mol. The van der Waals surface area contributed by atoms with Crippen molar-refractivity contribution < 1.29 is 14.3 Å². The van der Waals surface area contributed by atoms with Crippen LogP contribution in [0.2, 0.25) is 5.02 Å². The topological polar surface area (TPSA) is 47.6 Å². The van der Waals surface area contributed by atoms with E-state index < -0.39 is 0 Å². The molecular formula is C11H14ClNO3. The van der Waals surface area contributed by atoms with Crippen molar-refractivity contribution in [1.29, 1.82) is 0 Å². The smallest absolute Gasteiger partial charge is 0.148 e. The summed E-state index contributed by atoms with van der Waals surface area (Å²) in [6.45, 7) is 1.74. The number of halogens is 1. The van der Waals surface area contributed by atoms with Crippen LogP contribution in [-0.4, -0.2) is 26.5 Å². The Labute approximate surface area is 99.5 Å². The van der Waals surface area contributed by atoms with Crippen molar-refractivity contribution in [3.63, 3.8) is 0 Å². The van der Waals surface area contributed by atoms with E-state index in [2.05, 4.69) is 5.32 Å². The van der Waals surface area contributed by atoms with Crippen molar-refractivity contribution in [2.24, 2.45) is 0 Å². The first-order valence-corrected chi connectivity index (χ1v) is 5.11. The lowest BCUT2D eigenvalue weighted by molar-refractivity contribution is -0.115. The minimum absolute atomic E-state index is 0.0379. The molecule has 0 saturated heterocycles. The Morgan fingerprint density at radius 2 is 1.94 bits per heavy atom. The van der Waals surface area contributed by atoms with Gasteiger partial charge in [0.05, 0.1) is 31.5 Å². The molecule has 0 aromatic heterocycles.